The van der Waals surface area contributed by atoms with Crippen molar-refractivity contribution in [2.45, 2.75) is 25.6 Å². The second kappa shape index (κ2) is 5.76. The van der Waals surface area contributed by atoms with Crippen LogP contribution in [0.4, 0.5) is 0 Å². The van der Waals surface area contributed by atoms with E-state index in [4.69, 9.17) is 9.47 Å². The zero-order valence-electron chi connectivity index (χ0n) is 11.0. The molecule has 0 unspecified atom stereocenters. The molecule has 1 atom stereocenters. The maximum Gasteiger partial charge on any atom is 0.187 e. The van der Waals surface area contributed by atoms with Gasteiger partial charge in [0, 0.05) is 11.5 Å². The molecule has 3 nitrogen and oxygen atoms in total. The fourth-order valence-electron chi connectivity index (χ4n) is 2.90. The lowest BCUT2D eigenvalue weighted by Gasteiger charge is -2.35. The predicted molar refractivity (Wildman–Crippen MR) is 72.7 cm³/mol. The smallest absolute Gasteiger partial charge is 0.187 e. The summed E-state index contributed by atoms with van der Waals surface area (Å²) in [4.78, 5) is 0. The minimum absolute atomic E-state index is 0.242. The Hall–Kier alpha value is -1.32. The molecule has 0 bridgehead atoms. The number of phenolic OH excluding ortho intramolecular Hbond substituents is 1. The molecule has 1 N–H and O–H groups in total. The third kappa shape index (κ3) is 2.82. The van der Waals surface area contributed by atoms with Crippen molar-refractivity contribution in [1.29, 1.82) is 0 Å². The van der Waals surface area contributed by atoms with E-state index in [1.165, 1.54) is 12.8 Å². The van der Waals surface area contributed by atoms with E-state index in [1.54, 1.807) is 12.1 Å². The lowest BCUT2D eigenvalue weighted by molar-refractivity contribution is -0.213. The summed E-state index contributed by atoms with van der Waals surface area (Å²) in [7, 11) is 0. The fraction of sp³-hybridized carbons (Fsp3) is 0.500. The van der Waals surface area contributed by atoms with Gasteiger partial charge in [0.2, 0.25) is 0 Å². The summed E-state index contributed by atoms with van der Waals surface area (Å²) in [5.41, 5.74) is 0.726. The Morgan fingerprint density at radius 2 is 1.79 bits per heavy atom. The van der Waals surface area contributed by atoms with Crippen molar-refractivity contribution < 1.29 is 14.6 Å². The van der Waals surface area contributed by atoms with Gasteiger partial charge >= 0.3 is 0 Å². The lowest BCUT2D eigenvalue weighted by atomic mass is 9.83. The molecule has 0 amide bonds. The summed E-state index contributed by atoms with van der Waals surface area (Å²) in [6.45, 7) is 1.44. The normalized spacial score (nSPS) is 31.3. The molecule has 1 aromatic carbocycles. The maximum absolute atomic E-state index is 9.81. The Bertz CT molecular complexity index is 447. The van der Waals surface area contributed by atoms with Crippen molar-refractivity contribution in [2.24, 2.45) is 11.8 Å². The van der Waals surface area contributed by atoms with Crippen LogP contribution in [0.3, 0.4) is 0 Å². The number of ether oxygens (including phenoxy) is 2. The van der Waals surface area contributed by atoms with Gasteiger partial charge in [-0.25, -0.2) is 0 Å². The summed E-state index contributed by atoms with van der Waals surface area (Å²) in [6.07, 6.45) is 7.64. The molecule has 3 rings (SSSR count). The van der Waals surface area contributed by atoms with E-state index < -0.39 is 6.29 Å². The van der Waals surface area contributed by atoms with Gasteiger partial charge < -0.3 is 14.6 Å². The highest BCUT2D eigenvalue weighted by Crippen LogP contribution is 2.35. The number of para-hydroxylation sites is 1. The first-order valence-corrected chi connectivity index (χ1v) is 7.00. The first kappa shape index (κ1) is 12.7. The molecule has 1 fully saturated rings. The highest BCUT2D eigenvalue weighted by Gasteiger charge is 2.30. The van der Waals surface area contributed by atoms with Crippen molar-refractivity contribution in [3.63, 3.8) is 0 Å². The van der Waals surface area contributed by atoms with E-state index in [2.05, 4.69) is 12.2 Å². The highest BCUT2D eigenvalue weighted by molar-refractivity contribution is 5.32. The topological polar surface area (TPSA) is 38.7 Å². The van der Waals surface area contributed by atoms with Crippen molar-refractivity contribution in [3.8, 4) is 5.75 Å². The van der Waals surface area contributed by atoms with E-state index >= 15 is 0 Å². The van der Waals surface area contributed by atoms with Gasteiger partial charge in [0.15, 0.2) is 6.29 Å². The molecule has 1 aliphatic carbocycles. The average Bonchev–Trinajstić information content (AvgIpc) is 2.49. The Kier molecular flexibility index (Phi) is 3.85. The number of hydrogen-bond donors (Lipinski definition) is 1. The van der Waals surface area contributed by atoms with Crippen molar-refractivity contribution in [3.05, 3.63) is 42.0 Å². The Balaban J connectivity index is 1.60. The quantitative estimate of drug-likeness (QED) is 0.828. The third-order valence-corrected chi connectivity index (χ3v) is 4.09. The van der Waals surface area contributed by atoms with Crippen molar-refractivity contribution in [2.75, 3.05) is 13.2 Å². The van der Waals surface area contributed by atoms with Crippen LogP contribution < -0.4 is 0 Å². The molecule has 0 aromatic heterocycles. The fourth-order valence-corrected chi connectivity index (χ4v) is 2.90. The second-order valence-electron chi connectivity index (χ2n) is 5.36. The van der Waals surface area contributed by atoms with Gasteiger partial charge in [-0.1, -0.05) is 30.4 Å². The van der Waals surface area contributed by atoms with E-state index in [0.29, 0.717) is 11.8 Å². The van der Waals surface area contributed by atoms with Crippen LogP contribution in [0.1, 0.15) is 31.1 Å². The molecule has 1 saturated heterocycles. The first-order chi connectivity index (χ1) is 9.34. The molecule has 1 aromatic rings. The average molecular weight is 260 g/mol. The minimum Gasteiger partial charge on any atom is -0.507 e. The predicted octanol–water partition coefficient (Wildman–Crippen LogP) is 3.41. The monoisotopic (exact) mass is 260 g/mol. The molecule has 1 heterocycles. The largest absolute Gasteiger partial charge is 0.507 e. The van der Waals surface area contributed by atoms with Crippen LogP contribution in [0.5, 0.6) is 5.75 Å². The van der Waals surface area contributed by atoms with Crippen LogP contribution in [0.2, 0.25) is 0 Å². The number of hydrogen-bond acceptors (Lipinski definition) is 3. The zero-order valence-corrected chi connectivity index (χ0v) is 11.0. The van der Waals surface area contributed by atoms with Crippen LogP contribution in [0, 0.1) is 11.8 Å². The van der Waals surface area contributed by atoms with Crippen molar-refractivity contribution in [1.82, 2.24) is 0 Å². The molecule has 0 radical (unpaired) electrons. The molecular weight excluding hydrogens is 240 g/mol. The summed E-state index contributed by atoms with van der Waals surface area (Å²) >= 11 is 0. The second-order valence-corrected chi connectivity index (χ2v) is 5.36. The Morgan fingerprint density at radius 3 is 2.47 bits per heavy atom. The van der Waals surface area contributed by atoms with Gasteiger partial charge in [-0.15, -0.1) is 0 Å². The van der Waals surface area contributed by atoms with Gasteiger partial charge in [0.25, 0.3) is 0 Å². The molecule has 102 valence electrons. The van der Waals surface area contributed by atoms with Gasteiger partial charge in [0.05, 0.1) is 13.2 Å². The van der Waals surface area contributed by atoms with E-state index in [0.717, 1.165) is 25.2 Å². The minimum atomic E-state index is -0.420. The van der Waals surface area contributed by atoms with Crippen LogP contribution in [-0.4, -0.2) is 18.3 Å². The van der Waals surface area contributed by atoms with E-state index in [1.807, 2.05) is 12.1 Å². The summed E-state index contributed by atoms with van der Waals surface area (Å²) in [5, 5.41) is 9.81. The van der Waals surface area contributed by atoms with Gasteiger partial charge in [0.1, 0.15) is 5.75 Å². The van der Waals surface area contributed by atoms with Crippen LogP contribution in [0.25, 0.3) is 0 Å². The maximum atomic E-state index is 9.81. The molecular formula is C16H20O3. The molecule has 0 spiro atoms. The van der Waals surface area contributed by atoms with Gasteiger partial charge in [-0.3, -0.25) is 0 Å². The number of aromatic hydroxyl groups is 1. The standard InChI is InChI=1S/C16H20O3/c17-15-9-5-4-8-14(15)16-18-10-13(11-19-16)12-6-2-1-3-7-12/h1-2,4-5,8-9,12-13,16-17H,3,6-7,10-11H2/t12-,13?,16?/m1/s1. The summed E-state index contributed by atoms with van der Waals surface area (Å²) in [5.74, 6) is 1.40. The van der Waals surface area contributed by atoms with Gasteiger partial charge in [-0.05, 0) is 31.2 Å². The number of rotatable bonds is 2. The first-order valence-electron chi connectivity index (χ1n) is 7.00. The Labute approximate surface area is 113 Å². The third-order valence-electron chi connectivity index (χ3n) is 4.09. The molecule has 1 aliphatic heterocycles. The molecule has 0 saturated carbocycles. The number of allylic oxidation sites excluding steroid dienone is 2. The van der Waals surface area contributed by atoms with E-state index in [-0.39, 0.29) is 5.75 Å². The lowest BCUT2D eigenvalue weighted by Crippen LogP contribution is -2.32. The highest BCUT2D eigenvalue weighted by atomic mass is 16.7. The van der Waals surface area contributed by atoms with Crippen LogP contribution in [-0.2, 0) is 9.47 Å². The molecule has 3 heteroatoms. The number of benzene rings is 1. The number of phenols is 1. The van der Waals surface area contributed by atoms with Crippen molar-refractivity contribution >= 4 is 0 Å². The molecule has 19 heavy (non-hydrogen) atoms. The Morgan fingerprint density at radius 1 is 1.00 bits per heavy atom. The van der Waals surface area contributed by atoms with E-state index in [9.17, 15) is 5.11 Å². The van der Waals surface area contributed by atoms with Crippen LogP contribution in [0.15, 0.2) is 36.4 Å². The zero-order chi connectivity index (χ0) is 13.1. The summed E-state index contributed by atoms with van der Waals surface area (Å²) < 4.78 is 11.6. The molecule has 2 aliphatic rings. The van der Waals surface area contributed by atoms with Gasteiger partial charge in [-0.2, -0.15) is 0 Å². The van der Waals surface area contributed by atoms with Crippen LogP contribution >= 0.6 is 0 Å². The SMILES string of the molecule is Oc1ccccc1C1OCC([C@@H]2CC=CCC2)CO1. The summed E-state index contributed by atoms with van der Waals surface area (Å²) in [6, 6.07) is 7.21.